The maximum atomic E-state index is 5.61. The average Bonchev–Trinajstić information content (AvgIpc) is 2.99. The molecule has 0 bridgehead atoms. The van der Waals surface area contributed by atoms with E-state index in [4.69, 9.17) is 4.74 Å². The van der Waals surface area contributed by atoms with E-state index in [2.05, 4.69) is 17.2 Å². The second-order valence-electron chi connectivity index (χ2n) is 3.69. The zero-order valence-electron chi connectivity index (χ0n) is 8.49. The molecule has 0 saturated heterocycles. The van der Waals surface area contributed by atoms with Gasteiger partial charge in [-0.1, -0.05) is 0 Å². The fourth-order valence-electron chi connectivity index (χ4n) is 1.30. The molecule has 1 N–H and O–H groups in total. The van der Waals surface area contributed by atoms with Crippen molar-refractivity contribution in [3.63, 3.8) is 0 Å². The van der Waals surface area contributed by atoms with Gasteiger partial charge in [-0.15, -0.1) is 0 Å². The molecule has 0 amide bonds. The standard InChI is InChI=1S/C11H16N2O/c1-2-13-10-5-11(7-12-6-10)14-8-9-3-4-9/h5-7,9,13H,2-4,8H2,1H3. The van der Waals surface area contributed by atoms with Crippen molar-refractivity contribution in [2.45, 2.75) is 19.8 Å². The summed E-state index contributed by atoms with van der Waals surface area (Å²) < 4.78 is 5.61. The lowest BCUT2D eigenvalue weighted by molar-refractivity contribution is 0.299. The first-order chi connectivity index (χ1) is 6.88. The van der Waals surface area contributed by atoms with Gasteiger partial charge in [0.1, 0.15) is 5.75 Å². The molecule has 0 spiro atoms. The fourth-order valence-corrected chi connectivity index (χ4v) is 1.30. The molecule has 0 aromatic carbocycles. The molecule has 0 atom stereocenters. The molecular formula is C11H16N2O. The molecule has 1 fully saturated rings. The van der Waals surface area contributed by atoms with Gasteiger partial charge in [-0.25, -0.2) is 0 Å². The maximum absolute atomic E-state index is 5.61. The Balaban J connectivity index is 1.90. The molecule has 14 heavy (non-hydrogen) atoms. The lowest BCUT2D eigenvalue weighted by Crippen LogP contribution is -2.01. The third kappa shape index (κ3) is 2.62. The van der Waals surface area contributed by atoms with Crippen molar-refractivity contribution in [1.29, 1.82) is 0 Å². The van der Waals surface area contributed by atoms with E-state index in [-0.39, 0.29) is 0 Å². The first-order valence-corrected chi connectivity index (χ1v) is 5.20. The van der Waals surface area contributed by atoms with E-state index < -0.39 is 0 Å². The van der Waals surface area contributed by atoms with Crippen molar-refractivity contribution < 1.29 is 4.74 Å². The molecule has 1 saturated carbocycles. The van der Waals surface area contributed by atoms with Gasteiger partial charge in [0, 0.05) is 12.6 Å². The van der Waals surface area contributed by atoms with E-state index in [1.54, 1.807) is 6.20 Å². The highest BCUT2D eigenvalue weighted by atomic mass is 16.5. The highest BCUT2D eigenvalue weighted by Crippen LogP contribution is 2.29. The van der Waals surface area contributed by atoms with Crippen LogP contribution in [0.3, 0.4) is 0 Å². The molecule has 3 nitrogen and oxygen atoms in total. The Bertz CT molecular complexity index is 297. The Morgan fingerprint density at radius 1 is 1.50 bits per heavy atom. The van der Waals surface area contributed by atoms with Crippen molar-refractivity contribution in [1.82, 2.24) is 4.98 Å². The zero-order chi connectivity index (χ0) is 9.80. The number of hydrogen-bond acceptors (Lipinski definition) is 3. The van der Waals surface area contributed by atoms with Crippen molar-refractivity contribution in [2.75, 3.05) is 18.5 Å². The Morgan fingerprint density at radius 3 is 3.07 bits per heavy atom. The number of nitrogens with zero attached hydrogens (tertiary/aromatic N) is 1. The molecule has 2 rings (SSSR count). The summed E-state index contributed by atoms with van der Waals surface area (Å²) in [6.07, 6.45) is 6.22. The van der Waals surface area contributed by atoms with E-state index in [1.165, 1.54) is 12.8 Å². The van der Waals surface area contributed by atoms with E-state index in [0.717, 1.165) is 30.5 Å². The lowest BCUT2D eigenvalue weighted by Gasteiger charge is -2.07. The van der Waals surface area contributed by atoms with Crippen molar-refractivity contribution in [2.24, 2.45) is 5.92 Å². The van der Waals surface area contributed by atoms with Gasteiger partial charge in [-0.2, -0.15) is 0 Å². The molecule has 0 radical (unpaired) electrons. The summed E-state index contributed by atoms with van der Waals surface area (Å²) in [5.74, 6) is 1.66. The smallest absolute Gasteiger partial charge is 0.139 e. The number of rotatable bonds is 5. The Morgan fingerprint density at radius 2 is 2.36 bits per heavy atom. The molecule has 76 valence electrons. The second-order valence-corrected chi connectivity index (χ2v) is 3.69. The third-order valence-corrected chi connectivity index (χ3v) is 2.28. The molecule has 1 aromatic heterocycles. The summed E-state index contributed by atoms with van der Waals surface area (Å²) in [4.78, 5) is 4.11. The molecule has 1 aliphatic carbocycles. The van der Waals surface area contributed by atoms with Crippen LogP contribution < -0.4 is 10.1 Å². The molecule has 1 aliphatic rings. The van der Waals surface area contributed by atoms with E-state index in [9.17, 15) is 0 Å². The van der Waals surface area contributed by atoms with Gasteiger partial charge in [0.2, 0.25) is 0 Å². The van der Waals surface area contributed by atoms with Crippen LogP contribution in [0, 0.1) is 5.92 Å². The number of pyridine rings is 1. The molecule has 0 aliphatic heterocycles. The Hall–Kier alpha value is -1.25. The summed E-state index contributed by atoms with van der Waals surface area (Å²) in [6, 6.07) is 2.00. The number of nitrogens with one attached hydrogen (secondary N) is 1. The summed E-state index contributed by atoms with van der Waals surface area (Å²) >= 11 is 0. The Kier molecular flexibility index (Phi) is 2.87. The van der Waals surface area contributed by atoms with Crippen LogP contribution >= 0.6 is 0 Å². The maximum Gasteiger partial charge on any atom is 0.139 e. The largest absolute Gasteiger partial charge is 0.492 e. The molecular weight excluding hydrogens is 176 g/mol. The van der Waals surface area contributed by atoms with Crippen LogP contribution in [0.25, 0.3) is 0 Å². The van der Waals surface area contributed by atoms with Gasteiger partial charge in [0.15, 0.2) is 0 Å². The highest BCUT2D eigenvalue weighted by Gasteiger charge is 2.21. The minimum atomic E-state index is 0.790. The highest BCUT2D eigenvalue weighted by molar-refractivity contribution is 5.44. The minimum absolute atomic E-state index is 0.790. The van der Waals surface area contributed by atoms with E-state index in [1.807, 2.05) is 12.3 Å². The monoisotopic (exact) mass is 192 g/mol. The normalized spacial score (nSPS) is 15.2. The quantitative estimate of drug-likeness (QED) is 0.777. The predicted molar refractivity (Wildman–Crippen MR) is 56.6 cm³/mol. The number of anilines is 1. The molecule has 3 heteroatoms. The van der Waals surface area contributed by atoms with Gasteiger partial charge in [0.25, 0.3) is 0 Å². The van der Waals surface area contributed by atoms with Gasteiger partial charge < -0.3 is 10.1 Å². The SMILES string of the molecule is CCNc1cncc(OCC2CC2)c1. The Labute approximate surface area is 84.5 Å². The summed E-state index contributed by atoms with van der Waals surface area (Å²) in [6.45, 7) is 3.82. The van der Waals surface area contributed by atoms with Crippen molar-refractivity contribution in [3.8, 4) is 5.75 Å². The number of hydrogen-bond donors (Lipinski definition) is 1. The summed E-state index contributed by atoms with van der Waals surface area (Å²) in [5, 5.41) is 3.21. The number of aromatic nitrogens is 1. The van der Waals surface area contributed by atoms with Crippen molar-refractivity contribution in [3.05, 3.63) is 18.5 Å². The lowest BCUT2D eigenvalue weighted by atomic mass is 10.4. The van der Waals surface area contributed by atoms with Crippen LogP contribution in [0.5, 0.6) is 5.75 Å². The van der Waals surface area contributed by atoms with E-state index in [0.29, 0.717) is 0 Å². The zero-order valence-corrected chi connectivity index (χ0v) is 8.49. The van der Waals surface area contributed by atoms with Crippen LogP contribution in [0.2, 0.25) is 0 Å². The van der Waals surface area contributed by atoms with Crippen LogP contribution in [-0.2, 0) is 0 Å². The average molecular weight is 192 g/mol. The molecule has 1 aromatic rings. The van der Waals surface area contributed by atoms with Gasteiger partial charge >= 0.3 is 0 Å². The topological polar surface area (TPSA) is 34.2 Å². The van der Waals surface area contributed by atoms with Gasteiger partial charge in [-0.05, 0) is 25.7 Å². The van der Waals surface area contributed by atoms with Crippen LogP contribution in [0.4, 0.5) is 5.69 Å². The number of ether oxygens (including phenoxy) is 1. The molecule has 1 heterocycles. The van der Waals surface area contributed by atoms with Crippen LogP contribution in [0.15, 0.2) is 18.5 Å². The first-order valence-electron chi connectivity index (χ1n) is 5.20. The van der Waals surface area contributed by atoms with E-state index >= 15 is 0 Å². The second kappa shape index (κ2) is 4.31. The van der Waals surface area contributed by atoms with Gasteiger partial charge in [0.05, 0.1) is 24.7 Å². The van der Waals surface area contributed by atoms with Crippen LogP contribution in [-0.4, -0.2) is 18.1 Å². The van der Waals surface area contributed by atoms with Crippen LogP contribution in [0.1, 0.15) is 19.8 Å². The predicted octanol–water partition coefficient (Wildman–Crippen LogP) is 2.30. The minimum Gasteiger partial charge on any atom is -0.492 e. The fraction of sp³-hybridized carbons (Fsp3) is 0.545. The van der Waals surface area contributed by atoms with Crippen molar-refractivity contribution >= 4 is 5.69 Å². The first kappa shape index (κ1) is 9.31. The molecule has 0 unspecified atom stereocenters. The third-order valence-electron chi connectivity index (χ3n) is 2.28. The summed E-state index contributed by atoms with van der Waals surface area (Å²) in [7, 11) is 0. The summed E-state index contributed by atoms with van der Waals surface area (Å²) in [5.41, 5.74) is 1.03. The van der Waals surface area contributed by atoms with Gasteiger partial charge in [-0.3, -0.25) is 4.98 Å².